The number of nitrogens with two attached hydrogens (primary N) is 1. The second-order valence-corrected chi connectivity index (χ2v) is 10.1. The predicted molar refractivity (Wildman–Crippen MR) is 135 cm³/mol. The quantitative estimate of drug-likeness (QED) is 0.254. The van der Waals surface area contributed by atoms with Crippen LogP contribution in [0.4, 0.5) is 10.3 Å². The topological polar surface area (TPSA) is 140 Å². The molecule has 2 heterocycles. The molecule has 4 rings (SSSR count). The lowest BCUT2D eigenvalue weighted by Gasteiger charge is -2.31. The largest absolute Gasteiger partial charge is 0.378 e. The van der Waals surface area contributed by atoms with Gasteiger partial charge < -0.3 is 24.6 Å². The molecule has 12 heteroatoms. The lowest BCUT2D eigenvalue weighted by molar-refractivity contribution is -0.00143. The van der Waals surface area contributed by atoms with Crippen LogP contribution < -0.4 is 5.73 Å². The molecule has 10 nitrogen and oxygen atoms in total. The number of aliphatic imine (C=N–C) groups is 1. The van der Waals surface area contributed by atoms with Gasteiger partial charge in [-0.25, -0.2) is 4.39 Å². The molecule has 1 aliphatic heterocycles. The Bertz CT molecular complexity index is 1360. The van der Waals surface area contributed by atoms with Crippen LogP contribution in [0.2, 0.25) is 0 Å². The Morgan fingerprint density at radius 3 is 2.57 bits per heavy atom. The second-order valence-electron chi connectivity index (χ2n) is 8.58. The van der Waals surface area contributed by atoms with E-state index in [1.54, 1.807) is 30.9 Å². The fourth-order valence-electron chi connectivity index (χ4n) is 4.15. The van der Waals surface area contributed by atoms with Crippen molar-refractivity contribution in [1.82, 2.24) is 10.1 Å². The van der Waals surface area contributed by atoms with Crippen molar-refractivity contribution in [1.29, 1.82) is 0 Å². The molecule has 198 valence electrons. The lowest BCUT2D eigenvalue weighted by atomic mass is 9.90. The molecule has 0 radical (unpaired) electrons. The minimum atomic E-state index is -4.64. The lowest BCUT2D eigenvalue weighted by Crippen LogP contribution is -2.51. The van der Waals surface area contributed by atoms with Gasteiger partial charge in [0.2, 0.25) is 0 Å². The van der Waals surface area contributed by atoms with E-state index in [0.717, 1.165) is 5.56 Å². The average molecular weight is 533 g/mol. The van der Waals surface area contributed by atoms with Crippen LogP contribution >= 0.6 is 0 Å². The van der Waals surface area contributed by atoms with Crippen molar-refractivity contribution in [3.63, 3.8) is 0 Å². The molecule has 0 saturated carbocycles. The first-order chi connectivity index (χ1) is 17.6. The molecular formula is C25H29FN4O6S. The zero-order valence-electron chi connectivity index (χ0n) is 20.5. The maximum absolute atomic E-state index is 15.2. The Balaban J connectivity index is 1.71. The Hall–Kier alpha value is -3.16. The third-order valence-electron chi connectivity index (χ3n) is 6.16. The number of ether oxygens (including phenoxy) is 2. The van der Waals surface area contributed by atoms with Gasteiger partial charge in [0.15, 0.2) is 5.37 Å². The van der Waals surface area contributed by atoms with E-state index in [4.69, 9.17) is 19.7 Å². The third-order valence-corrected chi connectivity index (χ3v) is 7.01. The zero-order chi connectivity index (χ0) is 26.6. The van der Waals surface area contributed by atoms with E-state index in [0.29, 0.717) is 43.1 Å². The maximum atomic E-state index is 15.2. The van der Waals surface area contributed by atoms with E-state index >= 15 is 4.39 Å². The summed E-state index contributed by atoms with van der Waals surface area (Å²) in [5.74, 6) is -0.585. The molecule has 37 heavy (non-hydrogen) atoms. The Morgan fingerprint density at radius 2 is 1.95 bits per heavy atom. The SMILES string of the molecule is CCOC(C)(c1ccc(-c2ccccc2)c(F)c1)c1cc(N=C(C(N)S(=O)(=O)O)N2CCOCC2)on1. The van der Waals surface area contributed by atoms with E-state index < -0.39 is 26.9 Å². The molecule has 2 atom stereocenters. The fraction of sp³-hybridized carbons (Fsp3) is 0.360. The van der Waals surface area contributed by atoms with Gasteiger partial charge in [-0.3, -0.25) is 4.55 Å². The minimum absolute atomic E-state index is 0.0529. The number of halogens is 1. The van der Waals surface area contributed by atoms with Crippen LogP contribution in [0.15, 0.2) is 64.1 Å². The first-order valence-corrected chi connectivity index (χ1v) is 13.2. The van der Waals surface area contributed by atoms with Crippen molar-refractivity contribution in [3.05, 3.63) is 71.7 Å². The average Bonchev–Trinajstić information content (AvgIpc) is 3.37. The van der Waals surface area contributed by atoms with Gasteiger partial charge in [-0.1, -0.05) is 47.6 Å². The van der Waals surface area contributed by atoms with E-state index in [1.165, 1.54) is 12.1 Å². The normalized spacial score (nSPS) is 17.4. The van der Waals surface area contributed by atoms with Gasteiger partial charge in [-0.2, -0.15) is 13.4 Å². The standard InChI is InChI=1S/C25H29FN4O6S/c1-3-35-25(2,18-9-10-19(20(26)15-18)17-7-5-4-6-8-17)21-16-22(36-29-21)28-24(23(27)37(31,32)33)30-11-13-34-14-12-30/h4-10,15-16,23H,3,11-14,27H2,1-2H3,(H,31,32,33). The summed E-state index contributed by atoms with van der Waals surface area (Å²) in [7, 11) is -4.64. The summed E-state index contributed by atoms with van der Waals surface area (Å²) in [6.45, 7) is 5.15. The van der Waals surface area contributed by atoms with Crippen molar-refractivity contribution in [2.24, 2.45) is 10.7 Å². The minimum Gasteiger partial charge on any atom is -0.378 e. The molecule has 0 aliphatic carbocycles. The highest BCUT2D eigenvalue weighted by Crippen LogP contribution is 2.36. The fourth-order valence-corrected chi connectivity index (χ4v) is 4.62. The van der Waals surface area contributed by atoms with E-state index in [9.17, 15) is 13.0 Å². The Kier molecular flexibility index (Phi) is 8.05. The molecule has 1 aliphatic rings. The van der Waals surface area contributed by atoms with Gasteiger partial charge in [-0.15, -0.1) is 0 Å². The summed E-state index contributed by atoms with van der Waals surface area (Å²) in [5.41, 5.74) is 6.59. The van der Waals surface area contributed by atoms with Gasteiger partial charge >= 0.3 is 0 Å². The van der Waals surface area contributed by atoms with E-state index in [-0.39, 0.29) is 18.3 Å². The van der Waals surface area contributed by atoms with Crippen LogP contribution in [0.5, 0.6) is 0 Å². The molecule has 0 spiro atoms. The molecule has 3 N–H and O–H groups in total. The number of hydrogen-bond donors (Lipinski definition) is 2. The van der Waals surface area contributed by atoms with Gasteiger partial charge in [0.25, 0.3) is 16.0 Å². The van der Waals surface area contributed by atoms with Crippen molar-refractivity contribution in [2.45, 2.75) is 24.8 Å². The summed E-state index contributed by atoms with van der Waals surface area (Å²) in [6, 6.07) is 15.5. The van der Waals surface area contributed by atoms with Crippen LogP contribution in [0.1, 0.15) is 25.1 Å². The first kappa shape index (κ1) is 26.9. The van der Waals surface area contributed by atoms with E-state index in [2.05, 4.69) is 10.1 Å². The van der Waals surface area contributed by atoms with Gasteiger partial charge in [-0.05, 0) is 31.0 Å². The smallest absolute Gasteiger partial charge is 0.288 e. The highest BCUT2D eigenvalue weighted by atomic mass is 32.2. The number of nitrogens with zero attached hydrogens (tertiary/aromatic N) is 3. The zero-order valence-corrected chi connectivity index (χ0v) is 21.3. The number of aromatic nitrogens is 1. The highest BCUT2D eigenvalue weighted by Gasteiger charge is 2.35. The molecular weight excluding hydrogens is 503 g/mol. The first-order valence-electron chi connectivity index (χ1n) is 11.7. The Morgan fingerprint density at radius 1 is 1.24 bits per heavy atom. The van der Waals surface area contributed by atoms with Crippen molar-refractivity contribution < 1.29 is 31.4 Å². The molecule has 1 saturated heterocycles. The Labute approximate surface area is 214 Å². The number of benzene rings is 2. The van der Waals surface area contributed by atoms with Crippen LogP contribution in [-0.4, -0.2) is 67.1 Å². The van der Waals surface area contributed by atoms with Crippen molar-refractivity contribution in [2.75, 3.05) is 32.9 Å². The number of morpholine rings is 1. The molecule has 1 fully saturated rings. The van der Waals surface area contributed by atoms with Crippen LogP contribution in [0, 0.1) is 5.82 Å². The molecule has 3 aromatic rings. The van der Waals surface area contributed by atoms with Crippen LogP contribution in [0.25, 0.3) is 11.1 Å². The predicted octanol–water partition coefficient (Wildman–Crippen LogP) is 3.32. The van der Waals surface area contributed by atoms with Crippen molar-refractivity contribution in [3.8, 4) is 11.1 Å². The third kappa shape index (κ3) is 5.89. The monoisotopic (exact) mass is 532 g/mol. The second kappa shape index (κ2) is 11.1. The summed E-state index contributed by atoms with van der Waals surface area (Å²) < 4.78 is 65.0. The summed E-state index contributed by atoms with van der Waals surface area (Å²) in [5, 5.41) is 2.29. The van der Waals surface area contributed by atoms with Gasteiger partial charge in [0.05, 0.1) is 13.2 Å². The molecule has 2 unspecified atom stereocenters. The molecule has 2 aromatic carbocycles. The van der Waals surface area contributed by atoms with Gasteiger partial charge in [0, 0.05) is 31.3 Å². The van der Waals surface area contributed by atoms with Gasteiger partial charge in [0.1, 0.15) is 22.9 Å². The summed E-state index contributed by atoms with van der Waals surface area (Å²) in [4.78, 5) is 5.87. The molecule has 1 aromatic heterocycles. The summed E-state index contributed by atoms with van der Waals surface area (Å²) >= 11 is 0. The van der Waals surface area contributed by atoms with Crippen molar-refractivity contribution >= 4 is 21.8 Å². The number of rotatable bonds is 8. The van der Waals surface area contributed by atoms with Crippen LogP contribution in [0.3, 0.4) is 0 Å². The maximum Gasteiger partial charge on any atom is 0.288 e. The molecule has 0 bridgehead atoms. The summed E-state index contributed by atoms with van der Waals surface area (Å²) in [6.07, 6.45) is 0. The van der Waals surface area contributed by atoms with Crippen LogP contribution in [-0.2, 0) is 25.2 Å². The molecule has 0 amide bonds. The number of amidine groups is 1. The van der Waals surface area contributed by atoms with E-state index in [1.807, 2.05) is 30.3 Å². The number of hydrogen-bond acceptors (Lipinski definition) is 8. The highest BCUT2D eigenvalue weighted by molar-refractivity contribution is 7.87.